The second-order valence-corrected chi connectivity index (χ2v) is 20.8. The molecule has 3 fully saturated rings. The maximum Gasteiger partial charge on any atom is 0.314 e. The Morgan fingerprint density at radius 3 is 2.28 bits per heavy atom. The number of benzene rings is 2. The number of aryl methyl sites for hydroxylation is 1. The first-order chi connectivity index (χ1) is 33.3. The summed E-state index contributed by atoms with van der Waals surface area (Å²) in [6.07, 6.45) is 15.2. The summed E-state index contributed by atoms with van der Waals surface area (Å²) in [6.45, 7) is 9.35. The highest BCUT2D eigenvalue weighted by atomic mass is 32.1. The van der Waals surface area contributed by atoms with Gasteiger partial charge in [0.1, 0.15) is 11.6 Å². The minimum absolute atomic E-state index is 0.0193. The Balaban J connectivity index is 0.875. The molecule has 0 spiro atoms. The van der Waals surface area contributed by atoms with Crippen molar-refractivity contribution in [2.75, 3.05) is 43.9 Å². The summed E-state index contributed by atoms with van der Waals surface area (Å²) in [5.74, 6) is -1.74. The van der Waals surface area contributed by atoms with Crippen LogP contribution in [-0.2, 0) is 26.2 Å². The third kappa shape index (κ3) is 8.36. The van der Waals surface area contributed by atoms with Crippen molar-refractivity contribution >= 4 is 89.3 Å². The van der Waals surface area contributed by atoms with E-state index < -0.39 is 35.7 Å². The van der Waals surface area contributed by atoms with E-state index in [-0.39, 0.29) is 17.9 Å². The predicted octanol–water partition coefficient (Wildman–Crippen LogP) is 6.40. The Hall–Kier alpha value is -7.12. The lowest BCUT2D eigenvalue weighted by Gasteiger charge is -2.40. The summed E-state index contributed by atoms with van der Waals surface area (Å²) in [7, 11) is 4.04. The van der Waals surface area contributed by atoms with Gasteiger partial charge in [0.25, 0.3) is 0 Å². The van der Waals surface area contributed by atoms with E-state index in [9.17, 15) is 19.2 Å². The van der Waals surface area contributed by atoms with Crippen LogP contribution in [0, 0.1) is 17.8 Å². The van der Waals surface area contributed by atoms with Crippen LogP contribution in [0.4, 0.5) is 11.4 Å². The van der Waals surface area contributed by atoms with E-state index in [4.69, 9.17) is 4.98 Å². The van der Waals surface area contributed by atoms with Crippen LogP contribution in [0.5, 0.6) is 0 Å². The zero-order valence-corrected chi connectivity index (χ0v) is 40.0. The van der Waals surface area contributed by atoms with Crippen LogP contribution in [0.2, 0.25) is 0 Å². The highest BCUT2D eigenvalue weighted by molar-refractivity contribution is 7.18. The van der Waals surface area contributed by atoms with Gasteiger partial charge in [0.05, 0.1) is 67.7 Å². The number of piperidine rings is 3. The van der Waals surface area contributed by atoms with E-state index in [1.165, 1.54) is 17.4 Å². The largest absolute Gasteiger partial charge is 0.327 e. The summed E-state index contributed by atoms with van der Waals surface area (Å²) in [6, 6.07) is 10.9. The van der Waals surface area contributed by atoms with Crippen molar-refractivity contribution < 1.29 is 23.9 Å². The maximum atomic E-state index is 14.5. The molecule has 7 atom stereocenters. The Labute approximate surface area is 401 Å². The lowest BCUT2D eigenvalue weighted by molar-refractivity contribution is -0.779. The molecule has 3 aliphatic heterocycles. The van der Waals surface area contributed by atoms with Gasteiger partial charge in [-0.25, -0.2) is 4.98 Å². The second kappa shape index (κ2) is 17.8. The molecule has 0 bridgehead atoms. The van der Waals surface area contributed by atoms with E-state index >= 15 is 0 Å². The van der Waals surface area contributed by atoms with Gasteiger partial charge < -0.3 is 25.3 Å². The molecule has 4 N–H and O–H groups in total. The van der Waals surface area contributed by atoms with Crippen LogP contribution in [0.15, 0.2) is 79.8 Å². The van der Waals surface area contributed by atoms with Gasteiger partial charge >= 0.3 is 23.6 Å². The number of amides is 4. The summed E-state index contributed by atoms with van der Waals surface area (Å²) in [5.41, 5.74) is 5.28. The lowest BCUT2D eigenvalue weighted by atomic mass is 9.85. The molecule has 19 heteroatoms. The van der Waals surface area contributed by atoms with Gasteiger partial charge in [0.2, 0.25) is 12.2 Å². The predicted molar refractivity (Wildman–Crippen MR) is 262 cm³/mol. The first-order valence-corrected chi connectivity index (χ1v) is 24.6. The van der Waals surface area contributed by atoms with Gasteiger partial charge in [-0.15, -0.1) is 16.0 Å². The monoisotopic (exact) mass is 947 g/mol. The second-order valence-electron chi connectivity index (χ2n) is 19.7. The van der Waals surface area contributed by atoms with Crippen LogP contribution in [0.1, 0.15) is 86.6 Å². The van der Waals surface area contributed by atoms with Gasteiger partial charge in [-0.05, 0) is 79.9 Å². The Bertz CT molecular complexity index is 3300. The quantitative estimate of drug-likeness (QED) is 0.107. The highest BCUT2D eigenvalue weighted by Gasteiger charge is 2.46. The van der Waals surface area contributed by atoms with Gasteiger partial charge in [-0.2, -0.15) is 15.3 Å². The number of rotatable bonds is 6. The zero-order chi connectivity index (χ0) is 47.7. The normalized spacial score (nSPS) is 23.5. The number of carbonyl (C=O) groups excluding carboxylic acids is 4. The van der Waals surface area contributed by atoms with E-state index in [0.29, 0.717) is 64.5 Å². The van der Waals surface area contributed by atoms with Crippen LogP contribution in [0.25, 0.3) is 42.9 Å². The highest BCUT2D eigenvalue weighted by Crippen LogP contribution is 2.42. The molecule has 11 rings (SSSR count). The average molecular weight is 948 g/mol. The first kappa shape index (κ1) is 44.4. The van der Waals surface area contributed by atoms with Crippen LogP contribution < -0.4 is 15.3 Å². The third-order valence-electron chi connectivity index (χ3n) is 14.5. The van der Waals surface area contributed by atoms with Crippen molar-refractivity contribution in [3.63, 3.8) is 0 Å². The van der Waals surface area contributed by atoms with E-state index in [1.807, 2.05) is 42.3 Å². The molecule has 9 heterocycles. The lowest BCUT2D eigenvalue weighted by Crippen LogP contribution is -2.56. The maximum absolute atomic E-state index is 14.5. The number of aromatic amines is 2. The van der Waals surface area contributed by atoms with E-state index in [0.717, 1.165) is 64.6 Å². The summed E-state index contributed by atoms with van der Waals surface area (Å²) >= 11 is 1.77. The van der Waals surface area contributed by atoms with Crippen molar-refractivity contribution in [1.82, 2.24) is 54.7 Å². The first-order valence-electron chi connectivity index (χ1n) is 23.8. The molecule has 0 radical (unpaired) electrons. The standard InChI is InChI=1S/C50H54N14O4S/c1-27-6-10-40(30-9-11-42-37(15-30)56-48(69-42)35-12-13-60(4)24-29(35)3)62(22-27)49(67)46(65)55-39-21-52-18-34-26-64(59-44(34)39)41-14-28(2)23-63(45(41)31-7-8-32-25-61(5)58-36(32)16-31)50(68)47(66)54-38-20-51-17-33-19-53-57-43(33)38/h7-9,11,15-21,25-29,35,40-41,45H,6,10,12-14,22-24H2,1-5H3,(H3,51,53,54,55,57,65,66,67,68)/p+1/t27-,28+,29-,35-,40+,41?,45+/m0/s1. The molecular formula is C50H55N14O4S+. The fourth-order valence-electron chi connectivity index (χ4n) is 11.1. The Morgan fingerprint density at radius 2 is 1.48 bits per heavy atom. The number of fused-ring (bicyclic) bond motifs is 4. The summed E-state index contributed by atoms with van der Waals surface area (Å²) in [4.78, 5) is 76.6. The molecule has 3 saturated heterocycles. The fourth-order valence-corrected chi connectivity index (χ4v) is 12.3. The number of aromatic nitrogens is 9. The molecule has 8 aromatic rings. The molecular weight excluding hydrogens is 893 g/mol. The number of thiazole rings is 1. The summed E-state index contributed by atoms with van der Waals surface area (Å²) < 4.78 is 4.80. The molecule has 18 nitrogen and oxygen atoms in total. The van der Waals surface area contributed by atoms with E-state index in [2.05, 4.69) is 91.9 Å². The molecule has 2 aromatic carbocycles. The molecule has 3 aliphatic rings. The number of hydrogen-bond acceptors (Lipinski definition) is 11. The molecule has 0 saturated carbocycles. The molecule has 0 aliphatic carbocycles. The molecule has 4 amide bonds. The molecule has 69 heavy (non-hydrogen) atoms. The SMILES string of the molecule is C[C@@H]1CC([n+]2cc3cncc(NC(=O)C(=O)N4C[C@@H](C)CC[C@@H]4c4ccc5sc([C@H]6CCN(C)C[C@@H]6C)nc5c4)c3[nH]2)[C@@H](c2ccc3cn(C)nc3c2)N(C(=O)C(=O)Nc2cncc3cn[nH]c23)C1. The van der Waals surface area contributed by atoms with Crippen molar-refractivity contribution in [3.8, 4) is 0 Å². The Morgan fingerprint density at radius 1 is 0.754 bits per heavy atom. The van der Waals surface area contributed by atoms with Gasteiger partial charge in [0, 0.05) is 68.4 Å². The van der Waals surface area contributed by atoms with Crippen molar-refractivity contribution in [1.29, 1.82) is 0 Å². The Kier molecular flexibility index (Phi) is 11.4. The number of nitrogens with zero attached hydrogens (tertiary/aromatic N) is 10. The van der Waals surface area contributed by atoms with E-state index in [1.54, 1.807) is 44.4 Å². The summed E-state index contributed by atoms with van der Waals surface area (Å²) in [5, 5.41) is 24.3. The third-order valence-corrected chi connectivity index (χ3v) is 15.7. The number of nitrogens with one attached hydrogen (secondary N) is 4. The number of likely N-dealkylation sites (tertiary alicyclic amines) is 3. The van der Waals surface area contributed by atoms with Crippen LogP contribution in [0.3, 0.4) is 0 Å². The number of anilines is 2. The van der Waals surface area contributed by atoms with Gasteiger partial charge in [-0.1, -0.05) is 39.0 Å². The smallest absolute Gasteiger partial charge is 0.314 e. The van der Waals surface area contributed by atoms with Crippen molar-refractivity contribution in [2.24, 2.45) is 24.8 Å². The van der Waals surface area contributed by atoms with Crippen LogP contribution >= 0.6 is 11.3 Å². The minimum atomic E-state index is -0.808. The number of hydrogen-bond donors (Lipinski definition) is 4. The average Bonchev–Trinajstić information content (AvgIpc) is 4.16. The molecule has 1 unspecified atom stereocenters. The fraction of sp³-hybridized carbons (Fsp3) is 0.400. The topological polar surface area (TPSA) is 207 Å². The number of carbonyl (C=O) groups is 4. The van der Waals surface area contributed by atoms with Crippen molar-refractivity contribution in [3.05, 3.63) is 95.9 Å². The minimum Gasteiger partial charge on any atom is -0.327 e. The zero-order valence-electron chi connectivity index (χ0n) is 39.2. The molecule has 6 aromatic heterocycles. The number of H-pyrrole nitrogens is 2. The number of pyridine rings is 2. The van der Waals surface area contributed by atoms with Crippen LogP contribution in [-0.4, -0.2) is 112 Å². The van der Waals surface area contributed by atoms with Gasteiger partial charge in [-0.3, -0.25) is 38.9 Å². The van der Waals surface area contributed by atoms with Crippen molar-refractivity contribution in [2.45, 2.75) is 70.5 Å². The van der Waals surface area contributed by atoms with Gasteiger partial charge in [0.15, 0.2) is 0 Å². The molecule has 354 valence electrons.